The Hall–Kier alpha value is -1.30. The first kappa shape index (κ1) is 20.0. The predicted molar refractivity (Wildman–Crippen MR) is 126 cm³/mol. The smallest absolute Gasteiger partial charge is 0.198 e. The second-order valence-corrected chi connectivity index (χ2v) is 7.67. The number of thiophene rings is 1. The number of aromatic nitrogens is 3. The summed E-state index contributed by atoms with van der Waals surface area (Å²) in [6, 6.07) is 0. The van der Waals surface area contributed by atoms with Crippen LogP contribution in [0.4, 0.5) is 0 Å². The zero-order valence-corrected chi connectivity index (χ0v) is 16.4. The van der Waals surface area contributed by atoms with Crippen molar-refractivity contribution in [1.82, 2.24) is 15.0 Å². The van der Waals surface area contributed by atoms with Gasteiger partial charge < -0.3 is 0 Å². The van der Waals surface area contributed by atoms with Crippen molar-refractivity contribution in [2.24, 2.45) is 0 Å². The number of hydrogen-bond donors (Lipinski definition) is 0. The average molecular weight is 401 g/mol. The molecule has 0 saturated carbocycles. The highest BCUT2D eigenvalue weighted by Gasteiger charge is 2.22. The minimum atomic E-state index is -0.117. The van der Waals surface area contributed by atoms with E-state index in [1.165, 1.54) is 11.3 Å². The van der Waals surface area contributed by atoms with Gasteiger partial charge in [0.2, 0.25) is 10.6 Å². The number of halogens is 2. The van der Waals surface area contributed by atoms with Gasteiger partial charge >= 0.3 is 0 Å². The standard InChI is InChI=1S/C15B7Cl2N3S/c16-4-2-1-3(13-25-14(23)27-15(24)26-13)5(17)7(19)9(21)11(1)28-12(2)10(22)8(20)6(4)18. The Balaban J connectivity index is 2.34. The maximum Gasteiger partial charge on any atom is 0.227 e. The van der Waals surface area contributed by atoms with Gasteiger partial charge in [0.25, 0.3) is 0 Å². The van der Waals surface area contributed by atoms with E-state index in [4.69, 9.17) is 78.1 Å². The van der Waals surface area contributed by atoms with Gasteiger partial charge in [-0.15, -0.1) is 27.7 Å². The number of hydrogen-bond acceptors (Lipinski definition) is 4. The second kappa shape index (κ2) is 6.89. The van der Waals surface area contributed by atoms with E-state index in [-0.39, 0.29) is 54.6 Å². The lowest BCUT2D eigenvalue weighted by atomic mass is 9.64. The van der Waals surface area contributed by atoms with Crippen LogP contribution in [0.5, 0.6) is 0 Å². The Morgan fingerprint density at radius 1 is 0.536 bits per heavy atom. The number of benzene rings is 2. The molecule has 4 aromatic rings. The molecule has 116 valence electrons. The third-order valence-electron chi connectivity index (χ3n) is 4.44. The monoisotopic (exact) mass is 401 g/mol. The summed E-state index contributed by atoms with van der Waals surface area (Å²) < 4.78 is 1.16. The first-order chi connectivity index (χ1) is 13.1. The Morgan fingerprint density at radius 2 is 1.00 bits per heavy atom. The molecule has 0 fully saturated rings. The fourth-order valence-electron chi connectivity index (χ4n) is 3.06. The van der Waals surface area contributed by atoms with E-state index in [0.29, 0.717) is 25.7 Å². The van der Waals surface area contributed by atoms with Gasteiger partial charge in [0.1, 0.15) is 54.9 Å². The fourth-order valence-corrected chi connectivity index (χ4v) is 4.69. The van der Waals surface area contributed by atoms with Gasteiger partial charge in [-0.05, 0) is 28.6 Å². The van der Waals surface area contributed by atoms with Gasteiger partial charge in [-0.25, -0.2) is 0 Å². The first-order valence-corrected chi connectivity index (χ1v) is 9.22. The average Bonchev–Trinajstić information content (AvgIpc) is 3.02. The molecule has 0 unspecified atom stereocenters. The molecule has 0 bridgehead atoms. The van der Waals surface area contributed by atoms with Crippen LogP contribution in [0.3, 0.4) is 0 Å². The minimum Gasteiger partial charge on any atom is -0.198 e. The van der Waals surface area contributed by atoms with Crippen molar-refractivity contribution in [3.8, 4) is 11.4 Å². The van der Waals surface area contributed by atoms with Crippen molar-refractivity contribution >= 4 is 148 Å². The molecule has 14 radical (unpaired) electrons. The maximum absolute atomic E-state index is 6.27. The highest BCUT2D eigenvalue weighted by Crippen LogP contribution is 2.35. The van der Waals surface area contributed by atoms with Crippen LogP contribution < -0.4 is 38.2 Å². The molecule has 0 aliphatic carbocycles. The molecule has 0 aliphatic heterocycles. The molecule has 0 saturated heterocycles. The van der Waals surface area contributed by atoms with E-state index < -0.39 is 0 Å². The van der Waals surface area contributed by atoms with Crippen LogP contribution in [-0.2, 0) is 0 Å². The molecule has 2 heterocycles. The van der Waals surface area contributed by atoms with Crippen molar-refractivity contribution < 1.29 is 0 Å². The van der Waals surface area contributed by atoms with Crippen molar-refractivity contribution in [2.75, 3.05) is 0 Å². The number of fused-ring (bicyclic) bond motifs is 3. The predicted octanol–water partition coefficient (Wildman–Crippen LogP) is -3.23. The Morgan fingerprint density at radius 3 is 1.57 bits per heavy atom. The molecule has 2 aromatic heterocycles. The molecule has 0 aliphatic rings. The molecule has 0 spiro atoms. The third kappa shape index (κ3) is 2.78. The van der Waals surface area contributed by atoms with Gasteiger partial charge in [0, 0.05) is 20.3 Å². The summed E-state index contributed by atoms with van der Waals surface area (Å²) in [5, 5.41) is 0.811. The van der Waals surface area contributed by atoms with E-state index >= 15 is 0 Å². The summed E-state index contributed by atoms with van der Waals surface area (Å²) in [4.78, 5) is 12.0. The number of nitrogens with zero attached hydrogens (tertiary/aromatic N) is 3. The SMILES string of the molecule is [B]c1c([B])c([B])c2c(sc3c([B])c([B])c([B])c(-c4nc(Cl)nc(Cl)n4)c32)c1[B]. The van der Waals surface area contributed by atoms with Crippen LogP contribution in [-0.4, -0.2) is 69.9 Å². The van der Waals surface area contributed by atoms with Crippen molar-refractivity contribution in [2.45, 2.75) is 0 Å². The summed E-state index contributed by atoms with van der Waals surface area (Å²) in [6.45, 7) is 0. The van der Waals surface area contributed by atoms with Crippen LogP contribution in [0.2, 0.25) is 10.6 Å². The van der Waals surface area contributed by atoms with Gasteiger partial charge in [-0.1, -0.05) is 21.9 Å². The maximum atomic E-state index is 6.27. The lowest BCUT2D eigenvalue weighted by Crippen LogP contribution is -2.47. The van der Waals surface area contributed by atoms with Crippen molar-refractivity contribution in [3.05, 3.63) is 10.6 Å². The van der Waals surface area contributed by atoms with Crippen LogP contribution in [0.25, 0.3) is 31.6 Å². The third-order valence-corrected chi connectivity index (χ3v) is 6.04. The quantitative estimate of drug-likeness (QED) is 0.315. The normalized spacial score (nSPS) is 11.5. The van der Waals surface area contributed by atoms with Crippen LogP contribution >= 0.6 is 34.5 Å². The van der Waals surface area contributed by atoms with E-state index in [0.717, 1.165) is 0 Å². The fraction of sp³-hybridized carbons (Fsp3) is 0. The zero-order chi connectivity index (χ0) is 20.5. The summed E-state index contributed by atoms with van der Waals surface area (Å²) in [7, 11) is 43.1. The van der Waals surface area contributed by atoms with Crippen LogP contribution in [0.1, 0.15) is 0 Å². The molecular weight excluding hydrogens is 401 g/mol. The molecule has 2 aromatic carbocycles. The summed E-state index contributed by atoms with van der Waals surface area (Å²) in [5.41, 5.74) is 1.73. The van der Waals surface area contributed by atoms with Gasteiger partial charge in [0.15, 0.2) is 5.82 Å². The molecule has 0 amide bonds. The van der Waals surface area contributed by atoms with Gasteiger partial charge in [0.05, 0.1) is 0 Å². The van der Waals surface area contributed by atoms with Gasteiger partial charge in [-0.3, -0.25) is 0 Å². The van der Waals surface area contributed by atoms with E-state index in [1.807, 2.05) is 0 Å². The summed E-state index contributed by atoms with van der Waals surface area (Å²) >= 11 is 13.1. The molecule has 4 rings (SSSR count). The summed E-state index contributed by atoms with van der Waals surface area (Å²) in [6.07, 6.45) is 0. The van der Waals surface area contributed by atoms with Crippen LogP contribution in [0.15, 0.2) is 0 Å². The lowest BCUT2D eigenvalue weighted by Gasteiger charge is -2.17. The lowest BCUT2D eigenvalue weighted by molar-refractivity contribution is 1.06. The largest absolute Gasteiger partial charge is 0.227 e. The summed E-state index contributed by atoms with van der Waals surface area (Å²) in [5.74, 6) is 0.104. The van der Waals surface area contributed by atoms with E-state index in [9.17, 15) is 0 Å². The Kier molecular flexibility index (Phi) is 4.92. The zero-order valence-electron chi connectivity index (χ0n) is 14.0. The molecule has 3 nitrogen and oxygen atoms in total. The van der Waals surface area contributed by atoms with Crippen molar-refractivity contribution in [3.63, 3.8) is 0 Å². The van der Waals surface area contributed by atoms with E-state index in [2.05, 4.69) is 15.0 Å². The minimum absolute atomic E-state index is 0.104. The first-order valence-electron chi connectivity index (χ1n) is 7.65. The molecule has 28 heavy (non-hydrogen) atoms. The molecule has 13 heteroatoms. The Bertz CT molecular complexity index is 1310. The Labute approximate surface area is 184 Å². The molecular formula is C15B7Cl2N3S. The van der Waals surface area contributed by atoms with Gasteiger partial charge in [-0.2, -0.15) is 15.0 Å². The highest BCUT2D eigenvalue weighted by molar-refractivity contribution is 7.28. The van der Waals surface area contributed by atoms with Crippen molar-refractivity contribution in [1.29, 1.82) is 0 Å². The molecule has 0 N–H and O–H groups in total. The van der Waals surface area contributed by atoms with Crippen LogP contribution in [0, 0.1) is 0 Å². The second-order valence-electron chi connectivity index (χ2n) is 5.98. The highest BCUT2D eigenvalue weighted by atomic mass is 35.5. The van der Waals surface area contributed by atoms with E-state index in [1.54, 1.807) is 0 Å². The molecule has 0 atom stereocenters. The number of rotatable bonds is 1. The topological polar surface area (TPSA) is 38.7 Å².